The number of hydrogen-bond acceptors (Lipinski definition) is 21. The van der Waals surface area contributed by atoms with E-state index in [1.165, 1.54) is 66.8 Å². The highest BCUT2D eigenvalue weighted by molar-refractivity contribution is 5.76. The number of aryl methyl sites for hydroxylation is 5. The number of carbonyl (C=O) groups is 3. The lowest BCUT2D eigenvalue weighted by Crippen LogP contribution is -2.47. The lowest BCUT2D eigenvalue weighted by molar-refractivity contribution is -0.148. The molecule has 0 bridgehead atoms. The Bertz CT molecular complexity index is 5200. The van der Waals surface area contributed by atoms with E-state index in [0.29, 0.717) is 96.5 Å². The summed E-state index contributed by atoms with van der Waals surface area (Å²) in [7, 11) is 4.74. The van der Waals surface area contributed by atoms with E-state index >= 15 is 0 Å². The third-order valence-electron chi connectivity index (χ3n) is 28.9. The number of benzene rings is 6. The maximum Gasteiger partial charge on any atom is 0.309 e. The zero-order valence-electron chi connectivity index (χ0n) is 77.4. The number of ether oxygens (including phenoxy) is 9. The normalized spacial score (nSPS) is 21.4. The number of aromatic nitrogens is 3. The van der Waals surface area contributed by atoms with Crippen LogP contribution in [0.25, 0.3) is 33.8 Å². The van der Waals surface area contributed by atoms with Gasteiger partial charge in [0.05, 0.1) is 53.1 Å². The molecule has 6 saturated heterocycles. The summed E-state index contributed by atoms with van der Waals surface area (Å²) in [6.45, 7) is 29.5. The van der Waals surface area contributed by atoms with Crippen LogP contribution in [-0.4, -0.2) is 226 Å². The van der Waals surface area contributed by atoms with Crippen molar-refractivity contribution in [3.05, 3.63) is 229 Å². The summed E-state index contributed by atoms with van der Waals surface area (Å²) in [5.74, 6) is 1.06. The van der Waals surface area contributed by atoms with Crippen molar-refractivity contribution in [3.63, 3.8) is 0 Å². The van der Waals surface area contributed by atoms with E-state index in [1.54, 1.807) is 21.3 Å². The van der Waals surface area contributed by atoms with E-state index in [9.17, 15) is 29.7 Å². The molecule has 0 unspecified atom stereocenters. The molecule has 12 heterocycles. The lowest BCUT2D eigenvalue weighted by Gasteiger charge is -2.38. The molecule has 9 aliphatic heterocycles. The van der Waals surface area contributed by atoms with Crippen LogP contribution in [0.2, 0.25) is 0 Å². The number of hydrogen-bond donors (Lipinski definition) is 3. The summed E-state index contributed by atoms with van der Waals surface area (Å²) >= 11 is 0. The zero-order valence-corrected chi connectivity index (χ0v) is 77.4. The van der Waals surface area contributed by atoms with Gasteiger partial charge in [-0.3, -0.25) is 29.1 Å². The Morgan fingerprint density at radius 3 is 1.07 bits per heavy atom. The molecule has 0 radical (unpaired) electrons. The van der Waals surface area contributed by atoms with Crippen LogP contribution < -0.4 is 28.9 Å². The van der Waals surface area contributed by atoms with Crippen LogP contribution in [0, 0.1) is 59.3 Å². The van der Waals surface area contributed by atoms with Gasteiger partial charge in [0.1, 0.15) is 54.5 Å². The Hall–Kier alpha value is -10.4. The molecule has 6 atom stereocenters. The van der Waals surface area contributed by atoms with Crippen molar-refractivity contribution in [1.82, 2.24) is 29.7 Å². The average Bonchev–Trinajstić information content (AvgIpc) is 1.44. The Kier molecular flexibility index (Phi) is 31.0. The summed E-state index contributed by atoms with van der Waals surface area (Å²) in [6.07, 6.45) is 11.6. The van der Waals surface area contributed by atoms with Gasteiger partial charge in [0.25, 0.3) is 0 Å². The van der Waals surface area contributed by atoms with Crippen LogP contribution in [0.5, 0.6) is 17.2 Å². The summed E-state index contributed by atoms with van der Waals surface area (Å²) in [4.78, 5) is 64.4. The van der Waals surface area contributed by atoms with Gasteiger partial charge < -0.3 is 72.7 Å². The van der Waals surface area contributed by atoms with Gasteiger partial charge in [-0.1, -0.05) is 91.0 Å². The number of para-hydroxylation sites is 3. The first kappa shape index (κ1) is 92.9. The van der Waals surface area contributed by atoms with E-state index < -0.39 is 35.7 Å². The van der Waals surface area contributed by atoms with Crippen molar-refractivity contribution in [2.75, 3.05) is 141 Å². The molecule has 24 heteroatoms. The average molecular weight is 1770 g/mol. The van der Waals surface area contributed by atoms with Crippen molar-refractivity contribution in [2.24, 2.45) is 17.8 Å². The molecule has 3 N–H and O–H groups in total. The highest BCUT2D eigenvalue weighted by atomic mass is 16.5. The summed E-state index contributed by atoms with van der Waals surface area (Å²) in [5.41, 5.74) is 25.0. The second-order valence-corrected chi connectivity index (χ2v) is 36.8. The van der Waals surface area contributed by atoms with Crippen LogP contribution in [-0.2, 0) is 101 Å². The van der Waals surface area contributed by atoms with Crippen LogP contribution in [0.3, 0.4) is 0 Å². The predicted molar refractivity (Wildman–Crippen MR) is 505 cm³/mol. The lowest BCUT2D eigenvalue weighted by atomic mass is 9.91. The molecule has 6 fully saturated rings. The molecule has 24 nitrogen and oxygen atoms in total. The maximum atomic E-state index is 11.7. The Balaban J connectivity index is 0.000000143. The molecular formula is C106H131N9O15. The van der Waals surface area contributed by atoms with Crippen LogP contribution in [0.15, 0.2) is 146 Å². The van der Waals surface area contributed by atoms with Gasteiger partial charge >= 0.3 is 17.9 Å². The van der Waals surface area contributed by atoms with E-state index in [2.05, 4.69) is 144 Å². The second kappa shape index (κ2) is 43.3. The van der Waals surface area contributed by atoms with Gasteiger partial charge in [0.15, 0.2) is 0 Å². The molecule has 9 aliphatic rings. The quantitative estimate of drug-likeness (QED) is 0.0508. The van der Waals surface area contributed by atoms with Crippen molar-refractivity contribution in [3.8, 4) is 51.0 Å². The van der Waals surface area contributed by atoms with Gasteiger partial charge in [-0.2, -0.15) is 0 Å². The molecule has 130 heavy (non-hydrogen) atoms. The number of nitrogens with zero attached hydrogens (tertiary/aromatic N) is 9. The number of anilines is 3. The van der Waals surface area contributed by atoms with Crippen molar-refractivity contribution in [1.29, 1.82) is 0 Å². The van der Waals surface area contributed by atoms with Gasteiger partial charge in [0, 0.05) is 174 Å². The monoisotopic (exact) mass is 1770 g/mol. The first-order valence-corrected chi connectivity index (χ1v) is 47.1. The highest BCUT2D eigenvalue weighted by Gasteiger charge is 2.39. The molecule has 0 saturated carbocycles. The number of pyridine rings is 3. The fourth-order valence-electron chi connectivity index (χ4n) is 21.3. The van der Waals surface area contributed by atoms with E-state index in [4.69, 9.17) is 57.6 Å². The predicted octanol–water partition coefficient (Wildman–Crippen LogP) is 16.3. The van der Waals surface area contributed by atoms with E-state index in [1.807, 2.05) is 72.8 Å². The van der Waals surface area contributed by atoms with Crippen molar-refractivity contribution in [2.45, 2.75) is 194 Å². The van der Waals surface area contributed by atoms with Gasteiger partial charge in [0.2, 0.25) is 0 Å². The van der Waals surface area contributed by atoms with Crippen LogP contribution in [0.1, 0.15) is 141 Å². The molecule has 18 rings (SSSR count). The maximum absolute atomic E-state index is 11.7. The fourth-order valence-corrected chi connectivity index (χ4v) is 21.3. The Labute approximate surface area is 766 Å². The Morgan fingerprint density at radius 1 is 0.362 bits per heavy atom. The van der Waals surface area contributed by atoms with Gasteiger partial charge in [-0.25, -0.2) is 15.0 Å². The van der Waals surface area contributed by atoms with Crippen molar-refractivity contribution < 1.29 is 72.3 Å². The highest BCUT2D eigenvalue weighted by Crippen LogP contribution is 2.41. The topological polar surface area (TPSA) is 253 Å². The summed E-state index contributed by atoms with van der Waals surface area (Å²) in [5, 5.41) is 28.7. The standard InChI is InChI=1S/C36H45N3O5.2C35H43N3O5/c1-24-6-4-7-30(32-8-5-9-34(37-32)39-19-14-31(36(40)41)33(22-39)42-3)35(24)44-23-27-11-10-26-12-17-38(18-13-29(26)25(27)2)28-15-20-43-21-16-28;2*1-23-6-4-7-28(31-8-5-9-33(36-31)38-15-11-29(35(39)40)32(21-38)41-3)34(23)43-22-25-18-24(2)30-20-37(14-10-26(30)19-25)27-12-16-42-17-13-27/h4-11,28,31,33H,12-23H2,1-3H3,(H,40,41);2*4-9,18-19,27,29,32H,10-17,20-22H2,1-3H3,(H,39,40)/t31-,33-;2*29-,32-/m110/s1. The minimum Gasteiger partial charge on any atom is -0.488 e. The molecule has 0 aliphatic carbocycles. The summed E-state index contributed by atoms with van der Waals surface area (Å²) in [6, 6.07) is 52.3. The number of rotatable bonds is 24. The number of methoxy groups -OCH3 is 3. The van der Waals surface area contributed by atoms with Crippen LogP contribution >= 0.6 is 0 Å². The van der Waals surface area contributed by atoms with Gasteiger partial charge in [-0.15, -0.1) is 0 Å². The number of piperidine rings is 3. The molecule has 0 spiro atoms. The number of carboxylic acids is 3. The largest absolute Gasteiger partial charge is 0.488 e. The molecular weight excluding hydrogens is 1640 g/mol. The third-order valence-corrected chi connectivity index (χ3v) is 28.9. The van der Waals surface area contributed by atoms with E-state index in [-0.39, 0.29) is 18.3 Å². The molecule has 690 valence electrons. The Morgan fingerprint density at radius 2 is 0.700 bits per heavy atom. The minimum absolute atomic E-state index is 0.375. The number of carboxylic acid groups (broad SMARTS) is 3. The van der Waals surface area contributed by atoms with E-state index in [0.717, 1.165) is 228 Å². The number of fused-ring (bicyclic) bond motifs is 3. The molecule has 6 aromatic carbocycles. The van der Waals surface area contributed by atoms with Crippen molar-refractivity contribution >= 4 is 35.4 Å². The van der Waals surface area contributed by atoms with Gasteiger partial charge in [-0.05, 0) is 263 Å². The molecule has 3 aromatic heterocycles. The molecule has 0 amide bonds. The first-order chi connectivity index (χ1) is 63.2. The summed E-state index contributed by atoms with van der Waals surface area (Å²) < 4.78 is 53.2. The SMILES string of the molecule is CO[C@@H]1CN(c2cccc(-c3cccc(C)c3OCc3cc(C)c4c(c3)CCN(C3CCOCC3)C4)n2)CC[C@H]1C(=O)O.CO[C@@H]1CN(c2cccc(-c3cccc(C)c3OCc3ccc4c(c3C)CCN(C3CCOCC3)CC4)n2)CC[C@H]1C(=O)O.CO[C@H]1CN(c2cccc(-c3cccc(C)c3OCc3cc(C)c4c(c3)CCN(C3CCOCC3)C4)n2)CC[C@@H]1C(=O)O. The van der Waals surface area contributed by atoms with Crippen LogP contribution in [0.4, 0.5) is 17.5 Å². The first-order valence-electron chi connectivity index (χ1n) is 47.1. The molecule has 9 aromatic rings. The smallest absolute Gasteiger partial charge is 0.309 e. The zero-order chi connectivity index (χ0) is 90.5. The second-order valence-electron chi connectivity index (χ2n) is 36.8. The third kappa shape index (κ3) is 21.8. The number of aliphatic carboxylic acids is 3. The fraction of sp³-hybridized carbons (Fsp3) is 0.491. The minimum atomic E-state index is -0.805.